The molecule has 4 rings (SSSR count). The number of benzene rings is 2. The van der Waals surface area contributed by atoms with Crippen LogP contribution in [-0.4, -0.2) is 58.0 Å². The zero-order valence-electron chi connectivity index (χ0n) is 18.5. The van der Waals surface area contributed by atoms with Gasteiger partial charge in [-0.3, -0.25) is 4.79 Å². The van der Waals surface area contributed by atoms with Crippen molar-refractivity contribution in [3.8, 4) is 0 Å². The first-order chi connectivity index (χ1) is 15.4. The van der Waals surface area contributed by atoms with Crippen LogP contribution in [0.1, 0.15) is 30.4 Å². The highest BCUT2D eigenvalue weighted by atomic mass is 32.2. The van der Waals surface area contributed by atoms with Gasteiger partial charge in [0.15, 0.2) is 0 Å². The molecule has 0 aliphatic carbocycles. The van der Waals surface area contributed by atoms with Crippen LogP contribution in [0.5, 0.6) is 0 Å². The molecule has 7 nitrogen and oxygen atoms in total. The third-order valence-corrected chi connectivity index (χ3v) is 7.95. The number of hydrogen-bond acceptors (Lipinski definition) is 5. The fraction of sp³-hybridized carbons (Fsp3) is 0.458. The van der Waals surface area contributed by atoms with Gasteiger partial charge in [-0.15, -0.1) is 0 Å². The number of morpholine rings is 1. The van der Waals surface area contributed by atoms with Gasteiger partial charge in [-0.05, 0) is 49.9 Å². The monoisotopic (exact) mass is 457 g/mol. The van der Waals surface area contributed by atoms with Crippen LogP contribution in [0.15, 0.2) is 47.4 Å². The maximum Gasteiger partial charge on any atom is 0.243 e. The van der Waals surface area contributed by atoms with Crippen molar-refractivity contribution in [3.63, 3.8) is 0 Å². The van der Waals surface area contributed by atoms with Crippen molar-refractivity contribution in [3.05, 3.63) is 53.6 Å². The number of amides is 1. The fourth-order valence-corrected chi connectivity index (χ4v) is 5.61. The molecule has 2 saturated heterocycles. The van der Waals surface area contributed by atoms with Crippen LogP contribution < -0.4 is 10.2 Å². The molecule has 0 bridgehead atoms. The van der Waals surface area contributed by atoms with E-state index < -0.39 is 10.0 Å². The molecule has 0 aromatic heterocycles. The lowest BCUT2D eigenvalue weighted by molar-refractivity contribution is -0.116. The van der Waals surface area contributed by atoms with Crippen LogP contribution in [0.2, 0.25) is 0 Å². The second-order valence-electron chi connectivity index (χ2n) is 8.42. The first-order valence-electron chi connectivity index (χ1n) is 11.3. The average Bonchev–Trinajstić information content (AvgIpc) is 3.34. The van der Waals surface area contributed by atoms with Gasteiger partial charge in [0.25, 0.3) is 0 Å². The number of rotatable bonds is 7. The summed E-state index contributed by atoms with van der Waals surface area (Å²) in [6, 6.07) is 13.2. The number of nitrogens with zero attached hydrogens (tertiary/aromatic N) is 2. The van der Waals surface area contributed by atoms with E-state index in [1.165, 1.54) is 9.87 Å². The first-order valence-corrected chi connectivity index (χ1v) is 12.7. The third-order valence-electron chi connectivity index (χ3n) is 6.06. The summed E-state index contributed by atoms with van der Waals surface area (Å²) in [5.74, 6) is -0.119. The Morgan fingerprint density at radius 2 is 1.69 bits per heavy atom. The van der Waals surface area contributed by atoms with Gasteiger partial charge < -0.3 is 15.0 Å². The van der Waals surface area contributed by atoms with Crippen molar-refractivity contribution in [1.82, 2.24) is 4.31 Å². The smallest absolute Gasteiger partial charge is 0.243 e. The van der Waals surface area contributed by atoms with Gasteiger partial charge in [0.05, 0.1) is 29.5 Å². The number of carbonyl (C=O) groups excluding carboxylic acids is 1. The minimum absolute atomic E-state index is 0.119. The molecule has 172 valence electrons. The summed E-state index contributed by atoms with van der Waals surface area (Å²) < 4.78 is 33.0. The third kappa shape index (κ3) is 5.31. The summed E-state index contributed by atoms with van der Waals surface area (Å²) in [6.07, 6.45) is 3.16. The van der Waals surface area contributed by atoms with E-state index in [9.17, 15) is 13.2 Å². The minimum atomic E-state index is -3.64. The lowest BCUT2D eigenvalue weighted by Gasteiger charge is -2.27. The number of nitrogens with one attached hydrogen (secondary N) is 1. The molecule has 2 aliphatic rings. The zero-order valence-corrected chi connectivity index (χ0v) is 19.4. The summed E-state index contributed by atoms with van der Waals surface area (Å²) in [4.78, 5) is 15.2. The molecule has 0 atom stereocenters. The van der Waals surface area contributed by atoms with E-state index in [-0.39, 0.29) is 10.8 Å². The molecule has 2 aliphatic heterocycles. The molecule has 1 N–H and O–H groups in total. The van der Waals surface area contributed by atoms with Crippen molar-refractivity contribution >= 4 is 27.3 Å². The Kier molecular flexibility index (Phi) is 7.13. The van der Waals surface area contributed by atoms with Crippen LogP contribution in [0.25, 0.3) is 0 Å². The molecule has 0 radical (unpaired) electrons. The van der Waals surface area contributed by atoms with Gasteiger partial charge in [-0.25, -0.2) is 8.42 Å². The van der Waals surface area contributed by atoms with Gasteiger partial charge >= 0.3 is 0 Å². The molecular formula is C24H31N3O4S. The van der Waals surface area contributed by atoms with E-state index >= 15 is 0 Å². The average molecular weight is 458 g/mol. The molecule has 2 heterocycles. The molecule has 0 unspecified atom stereocenters. The molecule has 32 heavy (non-hydrogen) atoms. The molecule has 8 heteroatoms. The van der Waals surface area contributed by atoms with Gasteiger partial charge in [0, 0.05) is 32.6 Å². The standard InChI is InChI=1S/C24H31N3O4S/c1-19-4-6-20(7-5-19)8-11-24(28)25-22-18-21(9-10-23(22)26-12-2-3-13-26)32(29,30)27-14-16-31-17-15-27/h4-7,9-10,18H,2-3,8,11-17H2,1H3,(H,25,28). The summed E-state index contributed by atoms with van der Waals surface area (Å²) in [6.45, 7) is 5.32. The van der Waals surface area contributed by atoms with Gasteiger partial charge in [0.2, 0.25) is 15.9 Å². The Balaban J connectivity index is 1.54. The fourth-order valence-electron chi connectivity index (χ4n) is 4.17. The van der Waals surface area contributed by atoms with E-state index in [2.05, 4.69) is 10.2 Å². The number of carbonyl (C=O) groups is 1. The summed E-state index contributed by atoms with van der Waals surface area (Å²) in [5.41, 5.74) is 3.74. The molecular weight excluding hydrogens is 426 g/mol. The molecule has 0 spiro atoms. The second-order valence-corrected chi connectivity index (χ2v) is 10.4. The normalized spacial score (nSPS) is 17.5. The van der Waals surface area contributed by atoms with E-state index in [0.717, 1.165) is 37.2 Å². The van der Waals surface area contributed by atoms with Crippen molar-refractivity contribution in [2.24, 2.45) is 0 Å². The highest BCUT2D eigenvalue weighted by molar-refractivity contribution is 7.89. The van der Waals surface area contributed by atoms with E-state index in [1.54, 1.807) is 12.1 Å². The number of anilines is 2. The number of aryl methyl sites for hydroxylation is 2. The Morgan fingerprint density at radius 1 is 1.00 bits per heavy atom. The van der Waals surface area contributed by atoms with Gasteiger partial charge in [-0.2, -0.15) is 4.31 Å². The maximum atomic E-state index is 13.1. The highest BCUT2D eigenvalue weighted by Gasteiger charge is 2.28. The van der Waals surface area contributed by atoms with Crippen LogP contribution >= 0.6 is 0 Å². The van der Waals surface area contributed by atoms with Crippen LogP contribution in [-0.2, 0) is 26.0 Å². The molecule has 0 saturated carbocycles. The first kappa shape index (κ1) is 22.8. The number of ether oxygens (including phenoxy) is 1. The van der Waals surface area contributed by atoms with Crippen molar-refractivity contribution in [1.29, 1.82) is 0 Å². The van der Waals surface area contributed by atoms with Crippen LogP contribution in [0, 0.1) is 6.92 Å². The Bertz CT molecular complexity index is 1040. The van der Waals surface area contributed by atoms with E-state index in [0.29, 0.717) is 44.8 Å². The SMILES string of the molecule is Cc1ccc(CCC(=O)Nc2cc(S(=O)(=O)N3CCOCC3)ccc2N2CCCC2)cc1. The van der Waals surface area contributed by atoms with Crippen molar-refractivity contribution in [2.75, 3.05) is 49.6 Å². The van der Waals surface area contributed by atoms with E-state index in [1.807, 2.05) is 37.3 Å². The second kappa shape index (κ2) is 10.0. The lowest BCUT2D eigenvalue weighted by Crippen LogP contribution is -2.40. The van der Waals surface area contributed by atoms with Crippen molar-refractivity contribution in [2.45, 2.75) is 37.5 Å². The quantitative estimate of drug-likeness (QED) is 0.691. The Labute approximate surface area is 190 Å². The molecule has 1 amide bonds. The molecule has 2 fully saturated rings. The van der Waals surface area contributed by atoms with Gasteiger partial charge in [0.1, 0.15) is 0 Å². The summed E-state index contributed by atoms with van der Waals surface area (Å²) in [5, 5.41) is 3.00. The summed E-state index contributed by atoms with van der Waals surface area (Å²) in [7, 11) is -3.64. The van der Waals surface area contributed by atoms with E-state index in [4.69, 9.17) is 4.74 Å². The highest BCUT2D eigenvalue weighted by Crippen LogP contribution is 2.32. The van der Waals surface area contributed by atoms with Crippen LogP contribution in [0.4, 0.5) is 11.4 Å². The molecule has 2 aromatic carbocycles. The lowest BCUT2D eigenvalue weighted by atomic mass is 10.1. The number of sulfonamides is 1. The van der Waals surface area contributed by atoms with Crippen molar-refractivity contribution < 1.29 is 17.9 Å². The number of hydrogen-bond donors (Lipinski definition) is 1. The topological polar surface area (TPSA) is 79.0 Å². The Morgan fingerprint density at radius 3 is 2.38 bits per heavy atom. The predicted molar refractivity (Wildman–Crippen MR) is 126 cm³/mol. The minimum Gasteiger partial charge on any atom is -0.379 e. The van der Waals surface area contributed by atoms with Crippen LogP contribution in [0.3, 0.4) is 0 Å². The molecule has 2 aromatic rings. The maximum absolute atomic E-state index is 13.1. The van der Waals surface area contributed by atoms with Gasteiger partial charge in [-0.1, -0.05) is 29.8 Å². The largest absolute Gasteiger partial charge is 0.379 e. The Hall–Kier alpha value is -2.42. The predicted octanol–water partition coefficient (Wildman–Crippen LogP) is 3.19. The summed E-state index contributed by atoms with van der Waals surface area (Å²) >= 11 is 0. The zero-order chi connectivity index (χ0) is 22.6.